The van der Waals surface area contributed by atoms with Gasteiger partial charge in [0.2, 0.25) is 0 Å². The van der Waals surface area contributed by atoms with Crippen molar-refractivity contribution in [2.24, 2.45) is 0 Å². The minimum absolute atomic E-state index is 0.103. The van der Waals surface area contributed by atoms with Gasteiger partial charge in [-0.25, -0.2) is 0 Å². The molecule has 3 rings (SSSR count). The number of rotatable bonds is 6. The van der Waals surface area contributed by atoms with E-state index in [-0.39, 0.29) is 10.6 Å². The topological polar surface area (TPSA) is 84.5 Å². The van der Waals surface area contributed by atoms with Crippen molar-refractivity contribution in [1.29, 1.82) is 5.26 Å². The zero-order valence-corrected chi connectivity index (χ0v) is 21.6. The highest BCUT2D eigenvalue weighted by Crippen LogP contribution is 2.38. The molecule has 1 aliphatic rings. The second-order valence-corrected chi connectivity index (χ2v) is 15.4. The number of nitrogens with zero attached hydrogens (tertiary/aromatic N) is 2. The van der Waals surface area contributed by atoms with Crippen molar-refractivity contribution in [3.05, 3.63) is 69.6 Å². The molecule has 0 radical (unpaired) electrons. The Kier molecular flexibility index (Phi) is 6.76. The molecule has 33 heavy (non-hydrogen) atoms. The summed E-state index contributed by atoms with van der Waals surface area (Å²) in [5, 5.41) is 20.1. The van der Waals surface area contributed by atoms with Crippen LogP contribution in [0.15, 0.2) is 47.4 Å². The quantitative estimate of drug-likeness (QED) is 0.590. The van der Waals surface area contributed by atoms with Crippen molar-refractivity contribution in [1.82, 2.24) is 4.57 Å². The standard InChI is InChI=1S/C26H34N2O4Si/c1-25(2,3)33(6,7)31-13-11-22(29)19-10-12-28(24(30)15-19)21-16-26(4,5)32-23-9-8-18(17-27)14-20(21)23/h8-10,12,14-16,22,29H,11,13H2,1-7H3. The van der Waals surface area contributed by atoms with Crippen LogP contribution < -0.4 is 10.3 Å². The number of hydrogen-bond acceptors (Lipinski definition) is 5. The number of pyridine rings is 1. The summed E-state index contributed by atoms with van der Waals surface area (Å²) in [4.78, 5) is 13.1. The third kappa shape index (κ3) is 5.47. The molecule has 1 atom stereocenters. The number of aromatic nitrogens is 1. The second-order valence-electron chi connectivity index (χ2n) is 10.6. The minimum atomic E-state index is -1.89. The van der Waals surface area contributed by atoms with Crippen LogP contribution in [0.1, 0.15) is 63.8 Å². The molecule has 1 aromatic heterocycles. The number of fused-ring (bicyclic) bond motifs is 1. The van der Waals surface area contributed by atoms with Crippen LogP contribution in [0.2, 0.25) is 18.1 Å². The zero-order chi connectivity index (χ0) is 24.6. The van der Waals surface area contributed by atoms with Crippen LogP contribution in [0.25, 0.3) is 5.70 Å². The van der Waals surface area contributed by atoms with E-state index in [2.05, 4.69) is 39.9 Å². The first-order valence-corrected chi connectivity index (χ1v) is 14.2. The second kappa shape index (κ2) is 8.94. The third-order valence-corrected chi connectivity index (χ3v) is 11.0. The highest BCUT2D eigenvalue weighted by Gasteiger charge is 2.37. The Balaban J connectivity index is 1.84. The largest absolute Gasteiger partial charge is 0.483 e. The molecule has 176 valence electrons. The van der Waals surface area contributed by atoms with Gasteiger partial charge in [-0.05, 0) is 74.3 Å². The third-order valence-electron chi connectivity index (χ3n) is 6.49. The van der Waals surface area contributed by atoms with Gasteiger partial charge in [-0.15, -0.1) is 0 Å². The van der Waals surface area contributed by atoms with Gasteiger partial charge in [0.05, 0.1) is 23.4 Å². The fourth-order valence-corrected chi connectivity index (χ4v) is 4.58. The lowest BCUT2D eigenvalue weighted by atomic mass is 9.97. The fraction of sp³-hybridized carbons (Fsp3) is 0.462. The number of hydrogen-bond donors (Lipinski definition) is 1. The van der Waals surface area contributed by atoms with E-state index in [4.69, 9.17) is 9.16 Å². The smallest absolute Gasteiger partial charge is 0.255 e. The molecule has 2 aromatic rings. The van der Waals surface area contributed by atoms with Crippen LogP contribution in [-0.2, 0) is 4.43 Å². The van der Waals surface area contributed by atoms with Crippen LogP contribution >= 0.6 is 0 Å². The van der Waals surface area contributed by atoms with Crippen molar-refractivity contribution in [2.75, 3.05) is 6.61 Å². The monoisotopic (exact) mass is 466 g/mol. The van der Waals surface area contributed by atoms with E-state index in [1.165, 1.54) is 10.6 Å². The summed E-state index contributed by atoms with van der Waals surface area (Å²) in [5.74, 6) is 0.621. The molecule has 0 spiro atoms. The van der Waals surface area contributed by atoms with Gasteiger partial charge in [0, 0.05) is 24.4 Å². The number of benzene rings is 1. The first kappa shape index (κ1) is 25.0. The summed E-state index contributed by atoms with van der Waals surface area (Å²) in [6, 6.07) is 10.5. The van der Waals surface area contributed by atoms with Crippen LogP contribution in [0.4, 0.5) is 0 Å². The normalized spacial score (nSPS) is 16.3. The van der Waals surface area contributed by atoms with Gasteiger partial charge in [0.25, 0.3) is 5.56 Å². The first-order chi connectivity index (χ1) is 15.2. The summed E-state index contributed by atoms with van der Waals surface area (Å²) >= 11 is 0. The SMILES string of the molecule is CC1(C)C=C(n2ccc(C(O)CCO[Si](C)(C)C(C)(C)C)cc2=O)c2cc(C#N)ccc2O1. The van der Waals surface area contributed by atoms with Gasteiger partial charge in [-0.3, -0.25) is 9.36 Å². The lowest BCUT2D eigenvalue weighted by molar-refractivity contribution is 0.136. The van der Waals surface area contributed by atoms with Gasteiger partial charge in [-0.1, -0.05) is 20.8 Å². The Bertz CT molecular complexity index is 1170. The molecular formula is C26H34N2O4Si. The lowest BCUT2D eigenvalue weighted by Gasteiger charge is -2.36. The fourth-order valence-electron chi connectivity index (χ4n) is 3.52. The first-order valence-electron chi connectivity index (χ1n) is 11.3. The molecule has 1 N–H and O–H groups in total. The molecule has 6 nitrogen and oxygen atoms in total. The number of nitriles is 1. The average molecular weight is 467 g/mol. The Morgan fingerprint density at radius 2 is 1.94 bits per heavy atom. The number of aliphatic hydroxyl groups is 1. The van der Waals surface area contributed by atoms with E-state index in [0.29, 0.717) is 41.2 Å². The van der Waals surface area contributed by atoms with Crippen LogP contribution in [0.5, 0.6) is 5.75 Å². The average Bonchev–Trinajstić information content (AvgIpc) is 2.71. The molecule has 1 aromatic carbocycles. The summed E-state index contributed by atoms with van der Waals surface area (Å²) in [6.07, 6.45) is 3.19. The number of aliphatic hydroxyl groups excluding tert-OH is 1. The molecule has 0 saturated heterocycles. The van der Waals surface area contributed by atoms with E-state index >= 15 is 0 Å². The summed E-state index contributed by atoms with van der Waals surface area (Å²) in [7, 11) is -1.89. The van der Waals surface area contributed by atoms with Crippen molar-refractivity contribution < 1.29 is 14.3 Å². The van der Waals surface area contributed by atoms with Crippen LogP contribution in [0.3, 0.4) is 0 Å². The lowest BCUT2D eigenvalue weighted by Crippen LogP contribution is -2.41. The molecule has 0 aliphatic carbocycles. The maximum atomic E-state index is 13.1. The van der Waals surface area contributed by atoms with Gasteiger partial charge in [-0.2, -0.15) is 5.26 Å². The number of ether oxygens (including phenoxy) is 1. The molecule has 0 amide bonds. The van der Waals surface area contributed by atoms with Gasteiger partial charge < -0.3 is 14.3 Å². The Hall–Kier alpha value is -2.66. The molecule has 2 heterocycles. The molecule has 0 fully saturated rings. The Morgan fingerprint density at radius 1 is 1.24 bits per heavy atom. The minimum Gasteiger partial charge on any atom is -0.483 e. The van der Waals surface area contributed by atoms with Gasteiger partial charge in [0.1, 0.15) is 11.4 Å². The maximum Gasteiger partial charge on any atom is 0.255 e. The Labute approximate surface area is 197 Å². The van der Waals surface area contributed by atoms with E-state index < -0.39 is 20.0 Å². The Morgan fingerprint density at radius 3 is 2.55 bits per heavy atom. The maximum absolute atomic E-state index is 13.1. The van der Waals surface area contributed by atoms with Crippen molar-refractivity contribution in [3.63, 3.8) is 0 Å². The van der Waals surface area contributed by atoms with E-state index in [9.17, 15) is 15.2 Å². The van der Waals surface area contributed by atoms with Crippen molar-refractivity contribution in [2.45, 2.75) is 70.9 Å². The summed E-state index contributed by atoms with van der Waals surface area (Å²) in [6.45, 7) is 15.2. The van der Waals surface area contributed by atoms with Gasteiger partial charge in [0.15, 0.2) is 8.32 Å². The molecule has 0 saturated carbocycles. The van der Waals surface area contributed by atoms with Crippen molar-refractivity contribution in [3.8, 4) is 11.8 Å². The van der Waals surface area contributed by atoms with E-state index in [0.717, 1.165) is 0 Å². The van der Waals surface area contributed by atoms with Crippen LogP contribution in [-0.4, -0.2) is 30.2 Å². The summed E-state index contributed by atoms with van der Waals surface area (Å²) in [5.41, 5.74) is 1.53. The predicted octanol–water partition coefficient (Wildman–Crippen LogP) is 5.23. The van der Waals surface area contributed by atoms with E-state index in [1.807, 2.05) is 19.9 Å². The predicted molar refractivity (Wildman–Crippen MR) is 133 cm³/mol. The molecular weight excluding hydrogens is 432 g/mol. The zero-order valence-electron chi connectivity index (χ0n) is 20.6. The molecule has 7 heteroatoms. The molecule has 1 aliphatic heterocycles. The highest BCUT2D eigenvalue weighted by molar-refractivity contribution is 6.74. The van der Waals surface area contributed by atoms with Crippen LogP contribution in [0, 0.1) is 11.3 Å². The molecule has 0 bridgehead atoms. The van der Waals surface area contributed by atoms with E-state index in [1.54, 1.807) is 30.5 Å². The van der Waals surface area contributed by atoms with Gasteiger partial charge >= 0.3 is 0 Å². The van der Waals surface area contributed by atoms with Crippen molar-refractivity contribution >= 4 is 14.0 Å². The molecule has 1 unspecified atom stereocenters. The highest BCUT2D eigenvalue weighted by atomic mass is 28.4. The summed E-state index contributed by atoms with van der Waals surface area (Å²) < 4.78 is 13.7.